The lowest BCUT2D eigenvalue weighted by atomic mass is 10.0. The van der Waals surface area contributed by atoms with Gasteiger partial charge in [-0.05, 0) is 25.0 Å². The van der Waals surface area contributed by atoms with Crippen molar-refractivity contribution in [3.8, 4) is 0 Å². The fourth-order valence-corrected chi connectivity index (χ4v) is 3.36. The Kier molecular flexibility index (Phi) is 4.80. The van der Waals surface area contributed by atoms with Gasteiger partial charge < -0.3 is 4.90 Å². The summed E-state index contributed by atoms with van der Waals surface area (Å²) in [6.45, 7) is 0.0685. The Morgan fingerprint density at radius 1 is 1.15 bits per heavy atom. The molecule has 2 heterocycles. The SMILES string of the molecule is O=C(NNC(=O)[C@H]1CC[C@H]2CN1C(=O)N2OS(=O)(=O)O)c1ccccc1. The zero-order valence-electron chi connectivity index (χ0n) is 13.4. The van der Waals surface area contributed by atoms with Crippen LogP contribution in [0.25, 0.3) is 0 Å². The second-order valence-corrected chi connectivity index (χ2v) is 6.82. The standard InChI is InChI=1S/C14H16N4O7S/c19-12(9-4-2-1-3-5-9)15-16-13(20)11-7-6-10-8-17(11)14(21)18(10)25-26(22,23)24/h1-5,10-11H,6-8H2,(H,15,19)(H,16,20)(H,22,23,24)/t10-,11+/m0/s1. The third-order valence-electron chi connectivity index (χ3n) is 4.14. The van der Waals surface area contributed by atoms with Crippen LogP contribution in [0.3, 0.4) is 0 Å². The molecule has 2 aliphatic heterocycles. The number of rotatable bonds is 4. The predicted molar refractivity (Wildman–Crippen MR) is 85.4 cm³/mol. The van der Waals surface area contributed by atoms with Crippen LogP contribution in [-0.4, -0.2) is 59.4 Å². The molecule has 1 aromatic carbocycles. The predicted octanol–water partition coefficient (Wildman–Crippen LogP) is -0.549. The molecule has 2 atom stereocenters. The Morgan fingerprint density at radius 2 is 1.85 bits per heavy atom. The summed E-state index contributed by atoms with van der Waals surface area (Å²) in [7, 11) is -4.85. The highest BCUT2D eigenvalue weighted by molar-refractivity contribution is 7.80. The summed E-state index contributed by atoms with van der Waals surface area (Å²) < 4.78 is 34.7. The van der Waals surface area contributed by atoms with Gasteiger partial charge in [-0.3, -0.25) is 25.0 Å². The van der Waals surface area contributed by atoms with Gasteiger partial charge in [0.05, 0.1) is 6.04 Å². The number of carbonyl (C=O) groups is 3. The van der Waals surface area contributed by atoms with Crippen molar-refractivity contribution >= 4 is 28.2 Å². The Bertz CT molecular complexity index is 829. The van der Waals surface area contributed by atoms with Gasteiger partial charge in [-0.2, -0.15) is 13.5 Å². The summed E-state index contributed by atoms with van der Waals surface area (Å²) in [5, 5.41) is 0.547. The Hall–Kier alpha value is -2.70. The van der Waals surface area contributed by atoms with Gasteiger partial charge in [0.25, 0.3) is 11.8 Å². The normalized spacial score (nSPS) is 22.3. The van der Waals surface area contributed by atoms with E-state index in [1.807, 2.05) is 0 Å². The summed E-state index contributed by atoms with van der Waals surface area (Å²) in [4.78, 5) is 37.6. The molecule has 2 fully saturated rings. The Balaban J connectivity index is 1.61. The van der Waals surface area contributed by atoms with Gasteiger partial charge in [0.2, 0.25) is 0 Å². The number of piperidine rings is 1. The van der Waals surface area contributed by atoms with Crippen molar-refractivity contribution in [3.05, 3.63) is 35.9 Å². The number of nitrogens with one attached hydrogen (secondary N) is 2. The lowest BCUT2D eigenvalue weighted by Crippen LogP contribution is -2.54. The number of hydroxylamine groups is 2. The fourth-order valence-electron chi connectivity index (χ4n) is 2.97. The first-order valence-corrected chi connectivity index (χ1v) is 9.05. The number of benzene rings is 1. The number of urea groups is 1. The molecular weight excluding hydrogens is 368 g/mol. The first-order valence-electron chi connectivity index (χ1n) is 7.68. The molecule has 0 saturated carbocycles. The zero-order valence-corrected chi connectivity index (χ0v) is 14.2. The number of fused-ring (bicyclic) bond motifs is 2. The quantitative estimate of drug-likeness (QED) is 0.466. The van der Waals surface area contributed by atoms with E-state index in [9.17, 15) is 22.8 Å². The van der Waals surface area contributed by atoms with Crippen LogP contribution in [0, 0.1) is 0 Å². The third kappa shape index (κ3) is 3.76. The molecule has 0 unspecified atom stereocenters. The Morgan fingerprint density at radius 3 is 2.50 bits per heavy atom. The fraction of sp³-hybridized carbons (Fsp3) is 0.357. The molecule has 4 amide bonds. The van der Waals surface area contributed by atoms with Crippen LogP contribution < -0.4 is 10.9 Å². The summed E-state index contributed by atoms with van der Waals surface area (Å²) in [5.41, 5.74) is 4.87. The van der Waals surface area contributed by atoms with E-state index in [1.165, 1.54) is 0 Å². The number of amides is 4. The van der Waals surface area contributed by atoms with Crippen molar-refractivity contribution < 1.29 is 31.6 Å². The molecule has 0 aromatic heterocycles. The summed E-state index contributed by atoms with van der Waals surface area (Å²) in [6.07, 6.45) is 0.539. The molecule has 140 valence electrons. The molecule has 26 heavy (non-hydrogen) atoms. The van der Waals surface area contributed by atoms with Crippen molar-refractivity contribution in [3.63, 3.8) is 0 Å². The first kappa shape index (κ1) is 18.1. The minimum atomic E-state index is -4.85. The maximum atomic E-state index is 12.3. The van der Waals surface area contributed by atoms with Gasteiger partial charge in [-0.15, -0.1) is 4.28 Å². The molecule has 2 bridgehead atoms. The van der Waals surface area contributed by atoms with Crippen molar-refractivity contribution in [1.29, 1.82) is 0 Å². The number of nitrogens with zero attached hydrogens (tertiary/aromatic N) is 2. The number of hydrazine groups is 1. The summed E-state index contributed by atoms with van der Waals surface area (Å²) >= 11 is 0. The van der Waals surface area contributed by atoms with Crippen LogP contribution >= 0.6 is 0 Å². The number of carbonyl (C=O) groups excluding carboxylic acids is 3. The second kappa shape index (κ2) is 6.90. The lowest BCUT2D eigenvalue weighted by molar-refractivity contribution is -0.126. The molecule has 3 rings (SSSR count). The van der Waals surface area contributed by atoms with E-state index < -0.39 is 40.3 Å². The van der Waals surface area contributed by atoms with Crippen molar-refractivity contribution in [2.24, 2.45) is 0 Å². The van der Waals surface area contributed by atoms with Crippen molar-refractivity contribution in [2.45, 2.75) is 24.9 Å². The maximum Gasteiger partial charge on any atom is 0.418 e. The highest BCUT2D eigenvalue weighted by Crippen LogP contribution is 2.30. The van der Waals surface area contributed by atoms with E-state index in [0.717, 1.165) is 4.90 Å². The molecule has 2 saturated heterocycles. The highest BCUT2D eigenvalue weighted by Gasteiger charge is 2.49. The topological polar surface area (TPSA) is 145 Å². The van der Waals surface area contributed by atoms with Crippen LogP contribution in [-0.2, 0) is 19.5 Å². The summed E-state index contributed by atoms with van der Waals surface area (Å²) in [5.74, 6) is -1.13. The number of hydrogen-bond acceptors (Lipinski definition) is 6. The van der Waals surface area contributed by atoms with Gasteiger partial charge in [0, 0.05) is 12.1 Å². The summed E-state index contributed by atoms with van der Waals surface area (Å²) in [6, 6.07) is 5.89. The molecule has 0 radical (unpaired) electrons. The largest absolute Gasteiger partial charge is 0.418 e. The third-order valence-corrected chi connectivity index (χ3v) is 4.48. The minimum absolute atomic E-state index is 0.0685. The van der Waals surface area contributed by atoms with Crippen LogP contribution in [0.15, 0.2) is 30.3 Å². The molecule has 11 nitrogen and oxygen atoms in total. The van der Waals surface area contributed by atoms with E-state index in [-0.39, 0.29) is 13.0 Å². The molecule has 1 aromatic rings. The molecular formula is C14H16N4O7S. The van der Waals surface area contributed by atoms with E-state index >= 15 is 0 Å². The van der Waals surface area contributed by atoms with Gasteiger partial charge in [-0.25, -0.2) is 4.79 Å². The van der Waals surface area contributed by atoms with Crippen LogP contribution in [0.4, 0.5) is 4.79 Å². The van der Waals surface area contributed by atoms with Crippen LogP contribution in [0.5, 0.6) is 0 Å². The van der Waals surface area contributed by atoms with E-state index in [0.29, 0.717) is 17.0 Å². The maximum absolute atomic E-state index is 12.3. The zero-order chi connectivity index (χ0) is 18.9. The van der Waals surface area contributed by atoms with Crippen LogP contribution in [0.2, 0.25) is 0 Å². The van der Waals surface area contributed by atoms with Gasteiger partial charge >= 0.3 is 16.4 Å². The van der Waals surface area contributed by atoms with E-state index in [2.05, 4.69) is 15.1 Å². The molecule has 0 aliphatic carbocycles. The average molecular weight is 384 g/mol. The van der Waals surface area contributed by atoms with Crippen molar-refractivity contribution in [2.75, 3.05) is 6.54 Å². The minimum Gasteiger partial charge on any atom is -0.309 e. The monoisotopic (exact) mass is 384 g/mol. The smallest absolute Gasteiger partial charge is 0.309 e. The van der Waals surface area contributed by atoms with E-state index in [4.69, 9.17) is 4.55 Å². The van der Waals surface area contributed by atoms with Gasteiger partial charge in [0.15, 0.2) is 0 Å². The van der Waals surface area contributed by atoms with Crippen molar-refractivity contribution in [1.82, 2.24) is 20.8 Å². The number of hydrogen-bond donors (Lipinski definition) is 3. The molecule has 12 heteroatoms. The second-order valence-electron chi connectivity index (χ2n) is 5.82. The molecule has 2 aliphatic rings. The first-order chi connectivity index (χ1) is 12.3. The highest BCUT2D eigenvalue weighted by atomic mass is 32.3. The van der Waals surface area contributed by atoms with Gasteiger partial charge in [0.1, 0.15) is 6.04 Å². The molecule has 0 spiro atoms. The lowest BCUT2D eigenvalue weighted by Gasteiger charge is -2.29. The van der Waals surface area contributed by atoms with Crippen LogP contribution in [0.1, 0.15) is 23.2 Å². The Labute approximate surface area is 148 Å². The molecule has 3 N–H and O–H groups in total. The van der Waals surface area contributed by atoms with E-state index in [1.54, 1.807) is 30.3 Å². The van der Waals surface area contributed by atoms with Gasteiger partial charge in [-0.1, -0.05) is 18.2 Å². The average Bonchev–Trinajstić information content (AvgIpc) is 2.84.